The lowest BCUT2D eigenvalue weighted by atomic mass is 9.95. The van der Waals surface area contributed by atoms with Gasteiger partial charge in [0.25, 0.3) is 0 Å². The van der Waals surface area contributed by atoms with Gasteiger partial charge in [-0.3, -0.25) is 4.98 Å². The Morgan fingerprint density at radius 2 is 2.00 bits per heavy atom. The van der Waals surface area contributed by atoms with Crippen molar-refractivity contribution in [1.82, 2.24) is 10.3 Å². The predicted octanol–water partition coefficient (Wildman–Crippen LogP) is 3.20. The lowest BCUT2D eigenvalue weighted by Crippen LogP contribution is -2.34. The fourth-order valence-corrected chi connectivity index (χ4v) is 2.05. The Labute approximate surface area is 117 Å². The van der Waals surface area contributed by atoms with Gasteiger partial charge in [-0.25, -0.2) is 0 Å². The van der Waals surface area contributed by atoms with Crippen molar-refractivity contribution in [3.05, 3.63) is 30.1 Å². The first-order valence-corrected chi connectivity index (χ1v) is 7.25. The molecule has 3 nitrogen and oxygen atoms in total. The molecule has 0 aliphatic rings. The quantitative estimate of drug-likeness (QED) is 0.743. The molecule has 0 amide bonds. The maximum Gasteiger partial charge on any atom is 0.0623 e. The van der Waals surface area contributed by atoms with Gasteiger partial charge < -0.3 is 10.1 Å². The van der Waals surface area contributed by atoms with Crippen molar-refractivity contribution in [2.24, 2.45) is 0 Å². The number of hydrogen-bond donors (Lipinski definition) is 1. The molecule has 0 aliphatic heterocycles. The molecule has 1 heterocycles. The number of ether oxygens (including phenoxy) is 1. The Bertz CT molecular complexity index is 338. The van der Waals surface area contributed by atoms with Crippen molar-refractivity contribution in [3.8, 4) is 0 Å². The number of hydrogen-bond acceptors (Lipinski definition) is 3. The zero-order valence-electron chi connectivity index (χ0n) is 12.8. The highest BCUT2D eigenvalue weighted by Crippen LogP contribution is 2.18. The normalized spacial score (nSPS) is 13.5. The average Bonchev–Trinajstić information content (AvgIpc) is 2.43. The molecule has 1 aromatic heterocycles. The van der Waals surface area contributed by atoms with E-state index in [2.05, 4.69) is 43.2 Å². The summed E-state index contributed by atoms with van der Waals surface area (Å²) in [6.07, 6.45) is 8.15. The van der Waals surface area contributed by atoms with Crippen LogP contribution in [-0.2, 0) is 11.2 Å². The Morgan fingerprint density at radius 3 is 2.58 bits per heavy atom. The summed E-state index contributed by atoms with van der Waals surface area (Å²) in [5, 5.41) is 3.64. The molecule has 1 N–H and O–H groups in total. The van der Waals surface area contributed by atoms with E-state index in [1.54, 1.807) is 7.11 Å². The van der Waals surface area contributed by atoms with E-state index in [0.29, 0.717) is 6.04 Å². The van der Waals surface area contributed by atoms with E-state index < -0.39 is 0 Å². The van der Waals surface area contributed by atoms with Crippen molar-refractivity contribution in [1.29, 1.82) is 0 Å². The summed E-state index contributed by atoms with van der Waals surface area (Å²) in [5.74, 6) is 0. The third-order valence-corrected chi connectivity index (χ3v) is 3.56. The highest BCUT2D eigenvalue weighted by Gasteiger charge is 2.19. The van der Waals surface area contributed by atoms with E-state index in [-0.39, 0.29) is 5.60 Å². The molecule has 0 fully saturated rings. The molecular formula is C16H28N2O. The molecule has 0 bridgehead atoms. The number of nitrogens with one attached hydrogen (secondary N) is 1. The third-order valence-electron chi connectivity index (χ3n) is 3.56. The Balaban J connectivity index is 2.52. The fourth-order valence-electron chi connectivity index (χ4n) is 2.05. The van der Waals surface area contributed by atoms with Crippen LogP contribution in [0.3, 0.4) is 0 Å². The van der Waals surface area contributed by atoms with Crippen LogP contribution < -0.4 is 5.32 Å². The Morgan fingerprint density at radius 1 is 1.32 bits per heavy atom. The van der Waals surface area contributed by atoms with Gasteiger partial charge in [-0.15, -0.1) is 0 Å². The molecular weight excluding hydrogens is 236 g/mol. The number of pyridine rings is 1. The third kappa shape index (κ3) is 6.69. The van der Waals surface area contributed by atoms with E-state index in [4.69, 9.17) is 4.74 Å². The molecule has 108 valence electrons. The molecule has 19 heavy (non-hydrogen) atoms. The first kappa shape index (κ1) is 16.1. The smallest absolute Gasteiger partial charge is 0.0623 e. The van der Waals surface area contributed by atoms with Gasteiger partial charge in [0, 0.05) is 25.5 Å². The summed E-state index contributed by atoms with van der Waals surface area (Å²) < 4.78 is 5.50. The van der Waals surface area contributed by atoms with Gasteiger partial charge >= 0.3 is 0 Å². The minimum atomic E-state index is -0.0373. The van der Waals surface area contributed by atoms with Gasteiger partial charge in [-0.1, -0.05) is 6.92 Å². The van der Waals surface area contributed by atoms with Crippen LogP contribution in [0, 0.1) is 0 Å². The molecule has 0 saturated carbocycles. The first-order chi connectivity index (χ1) is 9.07. The van der Waals surface area contributed by atoms with Crippen LogP contribution in [0.15, 0.2) is 24.5 Å². The second kappa shape index (κ2) is 8.28. The standard InChI is InChI=1S/C16H28N2O/c1-5-10-18-15(6-9-16(2,3)19-4)13-14-7-11-17-12-8-14/h7-8,11-12,15,18H,5-6,9-10,13H2,1-4H3. The maximum atomic E-state index is 5.50. The topological polar surface area (TPSA) is 34.1 Å². The van der Waals surface area contributed by atoms with E-state index in [1.165, 1.54) is 12.0 Å². The second-order valence-corrected chi connectivity index (χ2v) is 5.71. The van der Waals surface area contributed by atoms with Crippen molar-refractivity contribution in [2.45, 2.75) is 58.1 Å². The van der Waals surface area contributed by atoms with Crippen LogP contribution in [0.4, 0.5) is 0 Å². The van der Waals surface area contributed by atoms with Crippen LogP contribution >= 0.6 is 0 Å². The van der Waals surface area contributed by atoms with Gasteiger partial charge in [-0.05, 0) is 63.8 Å². The largest absolute Gasteiger partial charge is 0.379 e. The molecule has 1 rings (SSSR count). The van der Waals surface area contributed by atoms with Crippen LogP contribution in [-0.4, -0.2) is 30.3 Å². The zero-order chi connectivity index (χ0) is 14.1. The summed E-state index contributed by atoms with van der Waals surface area (Å²) in [4.78, 5) is 4.07. The molecule has 0 aliphatic carbocycles. The highest BCUT2D eigenvalue weighted by atomic mass is 16.5. The van der Waals surface area contributed by atoms with Crippen LogP contribution in [0.2, 0.25) is 0 Å². The summed E-state index contributed by atoms with van der Waals surface area (Å²) in [6, 6.07) is 4.71. The number of nitrogens with zero attached hydrogens (tertiary/aromatic N) is 1. The molecule has 3 heteroatoms. The number of rotatable bonds is 9. The SMILES string of the molecule is CCCNC(CCC(C)(C)OC)Cc1ccncc1. The van der Waals surface area contributed by atoms with Crippen LogP contribution in [0.25, 0.3) is 0 Å². The maximum absolute atomic E-state index is 5.50. The van der Waals surface area contributed by atoms with Crippen molar-refractivity contribution >= 4 is 0 Å². The molecule has 0 spiro atoms. The minimum absolute atomic E-state index is 0.0373. The van der Waals surface area contributed by atoms with Crippen LogP contribution in [0.5, 0.6) is 0 Å². The van der Waals surface area contributed by atoms with Crippen molar-refractivity contribution in [3.63, 3.8) is 0 Å². The van der Waals surface area contributed by atoms with E-state index in [9.17, 15) is 0 Å². The zero-order valence-corrected chi connectivity index (χ0v) is 12.8. The number of aromatic nitrogens is 1. The summed E-state index contributed by atoms with van der Waals surface area (Å²) in [6.45, 7) is 7.57. The second-order valence-electron chi connectivity index (χ2n) is 5.71. The monoisotopic (exact) mass is 264 g/mol. The highest BCUT2D eigenvalue weighted by molar-refractivity contribution is 5.11. The van der Waals surface area contributed by atoms with Gasteiger partial charge in [0.2, 0.25) is 0 Å². The lowest BCUT2D eigenvalue weighted by Gasteiger charge is -2.26. The summed E-state index contributed by atoms with van der Waals surface area (Å²) >= 11 is 0. The fraction of sp³-hybridized carbons (Fsp3) is 0.688. The minimum Gasteiger partial charge on any atom is -0.379 e. The van der Waals surface area contributed by atoms with Gasteiger partial charge in [0.15, 0.2) is 0 Å². The predicted molar refractivity (Wildman–Crippen MR) is 80.3 cm³/mol. The van der Waals surface area contributed by atoms with Crippen LogP contribution in [0.1, 0.15) is 45.6 Å². The molecule has 0 saturated heterocycles. The lowest BCUT2D eigenvalue weighted by molar-refractivity contribution is 0.0117. The van der Waals surface area contributed by atoms with Gasteiger partial charge in [0.05, 0.1) is 5.60 Å². The van der Waals surface area contributed by atoms with E-state index >= 15 is 0 Å². The molecule has 0 radical (unpaired) electrons. The van der Waals surface area contributed by atoms with Gasteiger partial charge in [0.1, 0.15) is 0 Å². The van der Waals surface area contributed by atoms with Crippen molar-refractivity contribution < 1.29 is 4.74 Å². The molecule has 1 unspecified atom stereocenters. The molecule has 0 aromatic carbocycles. The van der Waals surface area contributed by atoms with E-state index in [1.807, 2.05) is 12.4 Å². The summed E-state index contributed by atoms with van der Waals surface area (Å²) in [5.41, 5.74) is 1.31. The molecule has 1 atom stereocenters. The van der Waals surface area contributed by atoms with Gasteiger partial charge in [-0.2, -0.15) is 0 Å². The number of methoxy groups -OCH3 is 1. The Kier molecular flexibility index (Phi) is 7.03. The van der Waals surface area contributed by atoms with Crippen molar-refractivity contribution in [2.75, 3.05) is 13.7 Å². The Hall–Kier alpha value is -0.930. The molecule has 1 aromatic rings. The first-order valence-electron chi connectivity index (χ1n) is 7.25. The van der Waals surface area contributed by atoms with E-state index in [0.717, 1.165) is 25.8 Å². The average molecular weight is 264 g/mol. The summed E-state index contributed by atoms with van der Waals surface area (Å²) in [7, 11) is 1.79.